The Morgan fingerprint density at radius 3 is 2.14 bits per heavy atom. The molecule has 1 aliphatic heterocycles. The van der Waals surface area contributed by atoms with Gasteiger partial charge in [-0.3, -0.25) is 4.79 Å². The molecule has 1 aromatic rings. The Morgan fingerprint density at radius 1 is 1.05 bits per heavy atom. The second kappa shape index (κ2) is 6.30. The van der Waals surface area contributed by atoms with Gasteiger partial charge in [-0.25, -0.2) is 8.42 Å². The fourth-order valence-electron chi connectivity index (χ4n) is 2.09. The van der Waals surface area contributed by atoms with Crippen LogP contribution in [0.4, 0.5) is 0 Å². The van der Waals surface area contributed by atoms with Gasteiger partial charge in [0.2, 0.25) is 15.9 Å². The number of sulfonamides is 1. The van der Waals surface area contributed by atoms with Crippen LogP contribution in [0.2, 0.25) is 15.1 Å². The SMILES string of the molecule is CC(=O)N1CCN(S(=O)(=O)c2ccc(Cl)c(Cl)c2Cl)CC1. The molecule has 1 aliphatic rings. The number of benzene rings is 1. The molecule has 0 bridgehead atoms. The third-order valence-corrected chi connectivity index (χ3v) is 6.65. The molecule has 0 radical (unpaired) electrons. The second-order valence-corrected chi connectivity index (χ2v) is 7.65. The van der Waals surface area contributed by atoms with E-state index in [-0.39, 0.29) is 39.0 Å². The van der Waals surface area contributed by atoms with Crippen molar-refractivity contribution < 1.29 is 13.2 Å². The molecule has 1 aromatic carbocycles. The zero-order valence-corrected chi connectivity index (χ0v) is 14.2. The highest BCUT2D eigenvalue weighted by Crippen LogP contribution is 2.36. The third kappa shape index (κ3) is 3.29. The number of carbonyl (C=O) groups excluding carboxylic acids is 1. The van der Waals surface area contributed by atoms with Gasteiger partial charge in [-0.05, 0) is 12.1 Å². The van der Waals surface area contributed by atoms with Crippen molar-refractivity contribution in [3.05, 3.63) is 27.2 Å². The van der Waals surface area contributed by atoms with Gasteiger partial charge in [-0.15, -0.1) is 0 Å². The van der Waals surface area contributed by atoms with Crippen molar-refractivity contribution in [3.8, 4) is 0 Å². The van der Waals surface area contributed by atoms with Crippen LogP contribution in [0.3, 0.4) is 0 Å². The average molecular weight is 372 g/mol. The largest absolute Gasteiger partial charge is 0.340 e. The molecule has 1 fully saturated rings. The minimum absolute atomic E-state index is 0.0155. The Hall–Kier alpha value is -0.530. The highest BCUT2D eigenvalue weighted by Gasteiger charge is 2.31. The molecule has 5 nitrogen and oxygen atoms in total. The molecular weight excluding hydrogens is 359 g/mol. The summed E-state index contributed by atoms with van der Waals surface area (Å²) in [5, 5.41) is 0.127. The van der Waals surface area contributed by atoms with Gasteiger partial charge >= 0.3 is 0 Å². The highest BCUT2D eigenvalue weighted by molar-refractivity contribution is 7.89. The number of piperazine rings is 1. The lowest BCUT2D eigenvalue weighted by Crippen LogP contribution is -2.49. The lowest BCUT2D eigenvalue weighted by molar-refractivity contribution is -0.129. The van der Waals surface area contributed by atoms with Gasteiger partial charge in [0.25, 0.3) is 0 Å². The quantitative estimate of drug-likeness (QED) is 0.751. The summed E-state index contributed by atoms with van der Waals surface area (Å²) >= 11 is 17.7. The first-order valence-corrected chi connectivity index (χ1v) is 8.71. The van der Waals surface area contributed by atoms with Gasteiger partial charge in [-0.1, -0.05) is 34.8 Å². The van der Waals surface area contributed by atoms with Crippen LogP contribution in [0.15, 0.2) is 17.0 Å². The van der Waals surface area contributed by atoms with E-state index in [2.05, 4.69) is 0 Å². The van der Waals surface area contributed by atoms with Gasteiger partial charge in [-0.2, -0.15) is 4.31 Å². The molecule has 116 valence electrons. The first-order valence-electron chi connectivity index (χ1n) is 6.14. The van der Waals surface area contributed by atoms with Crippen LogP contribution in [-0.4, -0.2) is 49.7 Å². The number of halogens is 3. The highest BCUT2D eigenvalue weighted by atomic mass is 35.5. The van der Waals surface area contributed by atoms with Crippen molar-refractivity contribution in [2.24, 2.45) is 0 Å². The normalized spacial score (nSPS) is 17.0. The summed E-state index contributed by atoms with van der Waals surface area (Å²) in [6, 6.07) is 2.73. The molecule has 1 amide bonds. The number of nitrogens with zero attached hydrogens (tertiary/aromatic N) is 2. The first kappa shape index (κ1) is 16.8. The number of hydrogen-bond donors (Lipinski definition) is 0. The minimum Gasteiger partial charge on any atom is -0.340 e. The molecule has 0 unspecified atom stereocenters. The maximum Gasteiger partial charge on any atom is 0.244 e. The third-order valence-electron chi connectivity index (χ3n) is 3.30. The van der Waals surface area contributed by atoms with E-state index >= 15 is 0 Å². The van der Waals surface area contributed by atoms with Crippen molar-refractivity contribution in [2.75, 3.05) is 26.2 Å². The van der Waals surface area contributed by atoms with Crippen LogP contribution in [0.5, 0.6) is 0 Å². The van der Waals surface area contributed by atoms with Crippen molar-refractivity contribution in [3.63, 3.8) is 0 Å². The van der Waals surface area contributed by atoms with Gasteiger partial charge < -0.3 is 4.90 Å². The Morgan fingerprint density at radius 2 is 1.62 bits per heavy atom. The zero-order valence-electron chi connectivity index (χ0n) is 11.1. The van der Waals surface area contributed by atoms with Gasteiger partial charge in [0.05, 0.1) is 15.1 Å². The molecule has 0 spiro atoms. The molecule has 21 heavy (non-hydrogen) atoms. The van der Waals surface area contributed by atoms with Crippen LogP contribution in [0, 0.1) is 0 Å². The molecule has 1 heterocycles. The Kier molecular flexibility index (Phi) is 5.05. The van der Waals surface area contributed by atoms with Crippen LogP contribution >= 0.6 is 34.8 Å². The van der Waals surface area contributed by atoms with E-state index in [0.717, 1.165) is 0 Å². The summed E-state index contributed by atoms with van der Waals surface area (Å²) in [5.41, 5.74) is 0. The molecule has 0 saturated carbocycles. The van der Waals surface area contributed by atoms with E-state index in [1.807, 2.05) is 0 Å². The number of amides is 1. The second-order valence-electron chi connectivity index (χ2n) is 4.58. The summed E-state index contributed by atoms with van der Waals surface area (Å²) in [5.74, 6) is -0.0698. The smallest absolute Gasteiger partial charge is 0.244 e. The van der Waals surface area contributed by atoms with Crippen LogP contribution < -0.4 is 0 Å². The summed E-state index contributed by atoms with van der Waals surface area (Å²) in [6.45, 7) is 2.61. The summed E-state index contributed by atoms with van der Waals surface area (Å²) in [7, 11) is -3.76. The van der Waals surface area contributed by atoms with E-state index < -0.39 is 10.0 Å². The monoisotopic (exact) mass is 370 g/mol. The summed E-state index contributed by atoms with van der Waals surface area (Å²) in [6.07, 6.45) is 0. The average Bonchev–Trinajstić information content (AvgIpc) is 2.44. The Balaban J connectivity index is 2.28. The van der Waals surface area contributed by atoms with Crippen molar-refractivity contribution in [2.45, 2.75) is 11.8 Å². The van der Waals surface area contributed by atoms with E-state index in [4.69, 9.17) is 34.8 Å². The van der Waals surface area contributed by atoms with E-state index in [0.29, 0.717) is 13.1 Å². The lowest BCUT2D eigenvalue weighted by atomic mass is 10.3. The lowest BCUT2D eigenvalue weighted by Gasteiger charge is -2.33. The van der Waals surface area contributed by atoms with E-state index in [1.54, 1.807) is 4.90 Å². The minimum atomic E-state index is -3.76. The Labute approximate surface area is 138 Å². The summed E-state index contributed by atoms with van der Waals surface area (Å²) in [4.78, 5) is 12.8. The molecule has 9 heteroatoms. The molecule has 0 aliphatic carbocycles. The standard InChI is InChI=1S/C12H13Cl3N2O3S/c1-8(18)16-4-6-17(7-5-16)21(19,20)10-3-2-9(13)11(14)12(10)15/h2-3H,4-7H2,1H3. The molecule has 0 atom stereocenters. The molecule has 0 N–H and O–H groups in total. The van der Waals surface area contributed by atoms with Crippen molar-refractivity contribution in [1.82, 2.24) is 9.21 Å². The van der Waals surface area contributed by atoms with Crippen molar-refractivity contribution >= 4 is 50.7 Å². The number of rotatable bonds is 2. The predicted octanol–water partition coefficient (Wildman–Crippen LogP) is 2.50. The van der Waals surface area contributed by atoms with Crippen LogP contribution in [0.25, 0.3) is 0 Å². The maximum absolute atomic E-state index is 12.6. The van der Waals surface area contributed by atoms with Crippen LogP contribution in [0.1, 0.15) is 6.92 Å². The molecule has 2 rings (SSSR count). The summed E-state index contributed by atoms with van der Waals surface area (Å²) < 4.78 is 26.5. The van der Waals surface area contributed by atoms with Crippen molar-refractivity contribution in [1.29, 1.82) is 0 Å². The van der Waals surface area contributed by atoms with Crippen LogP contribution in [-0.2, 0) is 14.8 Å². The fourth-order valence-corrected chi connectivity index (χ4v) is 4.46. The number of hydrogen-bond acceptors (Lipinski definition) is 3. The zero-order chi connectivity index (χ0) is 15.8. The predicted molar refractivity (Wildman–Crippen MR) is 82.5 cm³/mol. The molecular formula is C12H13Cl3N2O3S. The molecule has 1 saturated heterocycles. The van der Waals surface area contributed by atoms with Gasteiger partial charge in [0.1, 0.15) is 4.90 Å². The Bertz CT molecular complexity index is 671. The van der Waals surface area contributed by atoms with Gasteiger partial charge in [0.15, 0.2) is 0 Å². The fraction of sp³-hybridized carbons (Fsp3) is 0.417. The topological polar surface area (TPSA) is 57.7 Å². The maximum atomic E-state index is 12.6. The number of carbonyl (C=O) groups is 1. The van der Waals surface area contributed by atoms with E-state index in [9.17, 15) is 13.2 Å². The molecule has 0 aromatic heterocycles. The van der Waals surface area contributed by atoms with Gasteiger partial charge in [0, 0.05) is 33.1 Å². The first-order chi connectivity index (χ1) is 9.75. The van der Waals surface area contributed by atoms with E-state index in [1.165, 1.54) is 23.4 Å².